The van der Waals surface area contributed by atoms with E-state index in [-0.39, 0.29) is 22.2 Å². The van der Waals surface area contributed by atoms with Gasteiger partial charge in [-0.25, -0.2) is 0 Å². The smallest absolute Gasteiger partial charge is 0.282 e. The maximum atomic E-state index is 12.3. The van der Waals surface area contributed by atoms with Gasteiger partial charge in [-0.15, -0.1) is 0 Å². The normalized spacial score (nSPS) is 13.8. The maximum Gasteiger partial charge on any atom is 0.282 e. The van der Waals surface area contributed by atoms with Crippen molar-refractivity contribution in [3.8, 4) is 0 Å². The van der Waals surface area contributed by atoms with E-state index in [1.165, 1.54) is 18.2 Å². The minimum atomic E-state index is -0.632. The third kappa shape index (κ3) is 3.61. The second-order valence-electron chi connectivity index (χ2n) is 5.57. The third-order valence-corrected chi connectivity index (χ3v) is 4.15. The van der Waals surface area contributed by atoms with Gasteiger partial charge in [-0.05, 0) is 42.8 Å². The molecule has 0 saturated carbocycles. The molecule has 0 spiro atoms. The van der Waals surface area contributed by atoms with Crippen molar-refractivity contribution >= 4 is 40.5 Å². The van der Waals surface area contributed by atoms with E-state index in [4.69, 9.17) is 11.6 Å². The fraction of sp³-hybridized carbons (Fsp3) is 0.176. The summed E-state index contributed by atoms with van der Waals surface area (Å²) >= 11 is 5.84. The number of amides is 2. The molecule has 1 saturated heterocycles. The van der Waals surface area contributed by atoms with Crippen molar-refractivity contribution in [2.45, 2.75) is 12.8 Å². The molecule has 0 atom stereocenters. The number of nitrogens with one attached hydrogen (secondary N) is 1. The van der Waals surface area contributed by atoms with E-state index in [1.807, 2.05) is 0 Å². The fourth-order valence-corrected chi connectivity index (χ4v) is 2.87. The predicted molar refractivity (Wildman–Crippen MR) is 94.1 cm³/mol. The highest BCUT2D eigenvalue weighted by Crippen LogP contribution is 2.26. The Kier molecular flexibility index (Phi) is 4.67. The van der Waals surface area contributed by atoms with Crippen molar-refractivity contribution in [1.29, 1.82) is 0 Å². The first-order chi connectivity index (χ1) is 12.0. The molecule has 1 aliphatic rings. The standard InChI is InChI=1S/C17H14ClN3O4/c18-11-3-8-15(21(24)25)14(10-11)17(23)19-12-4-6-13(7-5-12)20-9-1-2-16(20)22/h3-8,10H,1-2,9H2,(H,19,23). The van der Waals surface area contributed by atoms with Gasteiger partial charge in [0.1, 0.15) is 5.56 Å². The quantitative estimate of drug-likeness (QED) is 0.666. The lowest BCUT2D eigenvalue weighted by molar-refractivity contribution is -0.385. The molecule has 0 unspecified atom stereocenters. The first kappa shape index (κ1) is 16.9. The number of hydrogen-bond acceptors (Lipinski definition) is 4. The monoisotopic (exact) mass is 359 g/mol. The molecule has 8 heteroatoms. The lowest BCUT2D eigenvalue weighted by Gasteiger charge is -2.16. The van der Waals surface area contributed by atoms with Crippen LogP contribution in [0.5, 0.6) is 0 Å². The van der Waals surface area contributed by atoms with Crippen LogP contribution in [0.15, 0.2) is 42.5 Å². The number of halogens is 1. The van der Waals surface area contributed by atoms with Crippen molar-refractivity contribution in [2.24, 2.45) is 0 Å². The van der Waals surface area contributed by atoms with Gasteiger partial charge in [0.15, 0.2) is 0 Å². The predicted octanol–water partition coefficient (Wildman–Crippen LogP) is 3.63. The largest absolute Gasteiger partial charge is 0.322 e. The molecule has 128 valence electrons. The van der Waals surface area contributed by atoms with Crippen LogP contribution in [0.4, 0.5) is 17.1 Å². The van der Waals surface area contributed by atoms with Crippen LogP contribution in [0, 0.1) is 10.1 Å². The van der Waals surface area contributed by atoms with Gasteiger partial charge in [0.05, 0.1) is 4.92 Å². The summed E-state index contributed by atoms with van der Waals surface area (Å²) in [5.41, 5.74) is 0.793. The first-order valence-electron chi connectivity index (χ1n) is 7.61. The molecule has 0 bridgehead atoms. The van der Waals surface area contributed by atoms with Crippen LogP contribution >= 0.6 is 11.6 Å². The average Bonchev–Trinajstić information content (AvgIpc) is 3.01. The molecule has 1 aliphatic heterocycles. The summed E-state index contributed by atoms with van der Waals surface area (Å²) in [7, 11) is 0. The highest BCUT2D eigenvalue weighted by atomic mass is 35.5. The number of rotatable bonds is 4. The summed E-state index contributed by atoms with van der Waals surface area (Å²) in [6.07, 6.45) is 1.37. The lowest BCUT2D eigenvalue weighted by atomic mass is 10.1. The fourth-order valence-electron chi connectivity index (χ4n) is 2.69. The van der Waals surface area contributed by atoms with E-state index in [0.717, 1.165) is 12.1 Å². The average molecular weight is 360 g/mol. The third-order valence-electron chi connectivity index (χ3n) is 3.91. The Morgan fingerprint density at radius 2 is 1.92 bits per heavy atom. The second kappa shape index (κ2) is 6.90. The van der Waals surface area contributed by atoms with Crippen molar-refractivity contribution in [3.63, 3.8) is 0 Å². The van der Waals surface area contributed by atoms with Gasteiger partial charge in [0.25, 0.3) is 11.6 Å². The molecule has 2 aromatic rings. The molecular weight excluding hydrogens is 346 g/mol. The Bertz CT molecular complexity index is 851. The lowest BCUT2D eigenvalue weighted by Crippen LogP contribution is -2.23. The van der Waals surface area contributed by atoms with E-state index in [9.17, 15) is 19.7 Å². The molecule has 7 nitrogen and oxygen atoms in total. The molecule has 3 rings (SSSR count). The number of nitrogens with zero attached hydrogens (tertiary/aromatic N) is 2. The molecule has 25 heavy (non-hydrogen) atoms. The Labute approximate surface area is 148 Å². The Hall–Kier alpha value is -2.93. The molecule has 0 aromatic heterocycles. The summed E-state index contributed by atoms with van der Waals surface area (Å²) in [5, 5.41) is 13.9. The van der Waals surface area contributed by atoms with Crippen LogP contribution in [-0.4, -0.2) is 23.3 Å². The number of anilines is 2. The van der Waals surface area contributed by atoms with Gasteiger partial charge in [-0.2, -0.15) is 0 Å². The van der Waals surface area contributed by atoms with Gasteiger partial charge in [0.2, 0.25) is 5.91 Å². The zero-order valence-electron chi connectivity index (χ0n) is 13.1. The number of nitro benzene ring substituents is 1. The van der Waals surface area contributed by atoms with Gasteiger partial charge >= 0.3 is 0 Å². The van der Waals surface area contributed by atoms with Crippen LogP contribution in [0.25, 0.3) is 0 Å². The molecule has 1 fully saturated rings. The summed E-state index contributed by atoms with van der Waals surface area (Å²) < 4.78 is 0. The van der Waals surface area contributed by atoms with Crippen LogP contribution < -0.4 is 10.2 Å². The number of benzene rings is 2. The zero-order valence-corrected chi connectivity index (χ0v) is 13.8. The summed E-state index contributed by atoms with van der Waals surface area (Å²) in [4.78, 5) is 36.2. The van der Waals surface area contributed by atoms with Gasteiger partial charge < -0.3 is 10.2 Å². The number of carbonyl (C=O) groups excluding carboxylic acids is 2. The minimum Gasteiger partial charge on any atom is -0.322 e. The van der Waals surface area contributed by atoms with E-state index < -0.39 is 10.8 Å². The van der Waals surface area contributed by atoms with E-state index in [1.54, 1.807) is 29.2 Å². The van der Waals surface area contributed by atoms with Crippen molar-refractivity contribution < 1.29 is 14.5 Å². The molecule has 1 N–H and O–H groups in total. The molecule has 2 aromatic carbocycles. The molecule has 0 aliphatic carbocycles. The van der Waals surface area contributed by atoms with E-state index in [2.05, 4.69) is 5.32 Å². The number of hydrogen-bond donors (Lipinski definition) is 1. The SMILES string of the molecule is O=C(Nc1ccc(N2CCCC2=O)cc1)c1cc(Cl)ccc1[N+](=O)[O-]. The summed E-state index contributed by atoms with van der Waals surface area (Å²) in [6.45, 7) is 0.680. The van der Waals surface area contributed by atoms with Crippen LogP contribution in [0.2, 0.25) is 5.02 Å². The molecule has 1 heterocycles. The van der Waals surface area contributed by atoms with Gasteiger partial charge in [0, 0.05) is 35.4 Å². The number of carbonyl (C=O) groups is 2. The van der Waals surface area contributed by atoms with Crippen LogP contribution in [0.1, 0.15) is 23.2 Å². The first-order valence-corrected chi connectivity index (χ1v) is 7.99. The Balaban J connectivity index is 1.79. The second-order valence-corrected chi connectivity index (χ2v) is 6.00. The van der Waals surface area contributed by atoms with E-state index in [0.29, 0.717) is 18.7 Å². The van der Waals surface area contributed by atoms with Crippen molar-refractivity contribution in [3.05, 3.63) is 63.2 Å². The maximum absolute atomic E-state index is 12.3. The van der Waals surface area contributed by atoms with Gasteiger partial charge in [-0.1, -0.05) is 11.6 Å². The minimum absolute atomic E-state index is 0.0753. The Morgan fingerprint density at radius 3 is 2.52 bits per heavy atom. The van der Waals surface area contributed by atoms with E-state index >= 15 is 0 Å². The zero-order chi connectivity index (χ0) is 18.0. The molecule has 0 radical (unpaired) electrons. The number of nitro groups is 1. The van der Waals surface area contributed by atoms with Gasteiger partial charge in [-0.3, -0.25) is 19.7 Å². The summed E-state index contributed by atoms with van der Waals surface area (Å²) in [5.74, 6) is -0.550. The highest BCUT2D eigenvalue weighted by molar-refractivity contribution is 6.31. The molecular formula is C17H14ClN3O4. The summed E-state index contributed by atoms with van der Waals surface area (Å²) in [6, 6.07) is 10.6. The highest BCUT2D eigenvalue weighted by Gasteiger charge is 2.22. The Morgan fingerprint density at radius 1 is 1.20 bits per heavy atom. The van der Waals surface area contributed by atoms with Crippen LogP contribution in [0.3, 0.4) is 0 Å². The molecule has 2 amide bonds. The van der Waals surface area contributed by atoms with Crippen molar-refractivity contribution in [1.82, 2.24) is 0 Å². The van der Waals surface area contributed by atoms with Crippen LogP contribution in [-0.2, 0) is 4.79 Å². The van der Waals surface area contributed by atoms with Crippen molar-refractivity contribution in [2.75, 3.05) is 16.8 Å². The topological polar surface area (TPSA) is 92.6 Å².